The molecule has 0 aliphatic rings. The van der Waals surface area contributed by atoms with Crippen LogP contribution in [0.1, 0.15) is 12.0 Å². The van der Waals surface area contributed by atoms with Crippen molar-refractivity contribution >= 4 is 28.9 Å². The van der Waals surface area contributed by atoms with E-state index in [2.05, 4.69) is 10.4 Å². The topological polar surface area (TPSA) is 56.1 Å². The van der Waals surface area contributed by atoms with Gasteiger partial charge in [-0.1, -0.05) is 29.3 Å². The highest BCUT2D eigenvalue weighted by Crippen LogP contribution is 2.20. The van der Waals surface area contributed by atoms with Crippen molar-refractivity contribution in [2.75, 3.05) is 25.6 Å². The van der Waals surface area contributed by atoms with Gasteiger partial charge in [0.1, 0.15) is 5.02 Å². The first-order valence-corrected chi connectivity index (χ1v) is 7.57. The quantitative estimate of drug-likeness (QED) is 0.819. The molecule has 0 aliphatic carbocycles. The van der Waals surface area contributed by atoms with E-state index in [4.69, 9.17) is 27.9 Å². The van der Waals surface area contributed by atoms with Gasteiger partial charge in [0.25, 0.3) is 5.56 Å². The molecule has 0 fully saturated rings. The van der Waals surface area contributed by atoms with Gasteiger partial charge in [-0.3, -0.25) is 4.79 Å². The Morgan fingerprint density at radius 1 is 1.36 bits per heavy atom. The number of hydrogen-bond donors (Lipinski definition) is 1. The third-order valence-electron chi connectivity index (χ3n) is 3.16. The number of methoxy groups -OCH3 is 1. The molecule has 118 valence electrons. The van der Waals surface area contributed by atoms with Crippen molar-refractivity contribution in [2.24, 2.45) is 0 Å². The Kier molecular flexibility index (Phi) is 5.83. The molecule has 2 rings (SSSR count). The predicted molar refractivity (Wildman–Crippen MR) is 89.6 cm³/mol. The number of benzene rings is 1. The zero-order valence-electron chi connectivity index (χ0n) is 12.4. The van der Waals surface area contributed by atoms with Crippen molar-refractivity contribution in [3.8, 4) is 5.69 Å². The van der Waals surface area contributed by atoms with E-state index in [1.165, 1.54) is 10.9 Å². The van der Waals surface area contributed by atoms with Crippen LogP contribution in [0.3, 0.4) is 0 Å². The highest BCUT2D eigenvalue weighted by atomic mass is 35.5. The maximum Gasteiger partial charge on any atom is 0.292 e. The second-order valence-corrected chi connectivity index (χ2v) is 5.58. The van der Waals surface area contributed by atoms with Gasteiger partial charge in [0, 0.05) is 25.3 Å². The number of aryl methyl sites for hydroxylation is 1. The van der Waals surface area contributed by atoms with Crippen molar-refractivity contribution in [3.05, 3.63) is 50.4 Å². The standard InChI is InChI=1S/C15H17Cl2N3O2/c1-10-4-5-11(8-12(10)16)20-15(21)14(17)13(9-19-20)18-6-3-7-22-2/h4-5,8-9,18H,3,6-7H2,1-2H3. The number of aromatic nitrogens is 2. The molecular weight excluding hydrogens is 325 g/mol. The summed E-state index contributed by atoms with van der Waals surface area (Å²) in [7, 11) is 1.64. The number of halogens is 2. The molecule has 0 unspecified atom stereocenters. The Hall–Kier alpha value is -1.56. The van der Waals surface area contributed by atoms with E-state index in [9.17, 15) is 4.79 Å². The van der Waals surface area contributed by atoms with Crippen LogP contribution in [0.15, 0.2) is 29.2 Å². The minimum absolute atomic E-state index is 0.101. The number of rotatable bonds is 6. The first kappa shape index (κ1) is 16.8. The SMILES string of the molecule is COCCCNc1cnn(-c2ccc(C)c(Cl)c2)c(=O)c1Cl. The van der Waals surface area contributed by atoms with Gasteiger partial charge in [0.15, 0.2) is 0 Å². The van der Waals surface area contributed by atoms with Crippen LogP contribution >= 0.6 is 23.2 Å². The van der Waals surface area contributed by atoms with Crippen LogP contribution in [0.4, 0.5) is 5.69 Å². The number of hydrogen-bond acceptors (Lipinski definition) is 4. The van der Waals surface area contributed by atoms with E-state index in [1.807, 2.05) is 13.0 Å². The summed E-state index contributed by atoms with van der Waals surface area (Å²) in [4.78, 5) is 12.3. The predicted octanol–water partition coefficient (Wildman–Crippen LogP) is 3.30. The summed E-state index contributed by atoms with van der Waals surface area (Å²) >= 11 is 12.2. The van der Waals surface area contributed by atoms with E-state index in [-0.39, 0.29) is 5.02 Å². The van der Waals surface area contributed by atoms with Gasteiger partial charge in [-0.25, -0.2) is 0 Å². The summed E-state index contributed by atoms with van der Waals surface area (Å²) in [6.45, 7) is 3.17. The Labute approximate surface area is 138 Å². The molecule has 5 nitrogen and oxygen atoms in total. The molecule has 1 aromatic heterocycles. The fraction of sp³-hybridized carbons (Fsp3) is 0.333. The van der Waals surface area contributed by atoms with Crippen LogP contribution in [0.2, 0.25) is 10.0 Å². The van der Waals surface area contributed by atoms with Crippen LogP contribution in [0.25, 0.3) is 5.69 Å². The highest BCUT2D eigenvalue weighted by molar-refractivity contribution is 6.33. The lowest BCUT2D eigenvalue weighted by Gasteiger charge is -2.11. The van der Waals surface area contributed by atoms with Crippen molar-refractivity contribution in [2.45, 2.75) is 13.3 Å². The van der Waals surface area contributed by atoms with Gasteiger partial charge in [0.05, 0.1) is 17.6 Å². The van der Waals surface area contributed by atoms with Crippen LogP contribution in [0, 0.1) is 6.92 Å². The second-order valence-electron chi connectivity index (χ2n) is 4.80. The first-order valence-electron chi connectivity index (χ1n) is 6.81. The van der Waals surface area contributed by atoms with Crippen LogP contribution in [-0.2, 0) is 4.74 Å². The third-order valence-corrected chi connectivity index (χ3v) is 3.93. The molecule has 1 heterocycles. The Bertz CT molecular complexity index is 716. The lowest BCUT2D eigenvalue weighted by atomic mass is 10.2. The molecule has 0 saturated heterocycles. The fourth-order valence-electron chi connectivity index (χ4n) is 1.89. The summed E-state index contributed by atoms with van der Waals surface area (Å²) < 4.78 is 6.19. The largest absolute Gasteiger partial charge is 0.385 e. The van der Waals surface area contributed by atoms with Crippen molar-refractivity contribution in [1.29, 1.82) is 0 Å². The monoisotopic (exact) mass is 341 g/mol. The lowest BCUT2D eigenvalue weighted by molar-refractivity contribution is 0.198. The van der Waals surface area contributed by atoms with E-state index >= 15 is 0 Å². The number of ether oxygens (including phenoxy) is 1. The maximum absolute atomic E-state index is 12.3. The third kappa shape index (κ3) is 3.80. The minimum Gasteiger partial charge on any atom is -0.385 e. The molecule has 2 aromatic rings. The van der Waals surface area contributed by atoms with Gasteiger partial charge in [-0.05, 0) is 31.0 Å². The minimum atomic E-state index is -0.390. The van der Waals surface area contributed by atoms with Crippen LogP contribution < -0.4 is 10.9 Å². The maximum atomic E-state index is 12.3. The molecule has 0 aliphatic heterocycles. The average Bonchev–Trinajstić information content (AvgIpc) is 2.51. The highest BCUT2D eigenvalue weighted by Gasteiger charge is 2.11. The summed E-state index contributed by atoms with van der Waals surface area (Å²) in [5.41, 5.74) is 1.63. The van der Waals surface area contributed by atoms with Gasteiger partial charge >= 0.3 is 0 Å². The molecule has 22 heavy (non-hydrogen) atoms. The van der Waals surface area contributed by atoms with E-state index in [0.717, 1.165) is 12.0 Å². The Morgan fingerprint density at radius 3 is 2.82 bits per heavy atom. The van der Waals surface area contributed by atoms with E-state index < -0.39 is 5.56 Å². The second kappa shape index (κ2) is 7.63. The molecule has 7 heteroatoms. The van der Waals surface area contributed by atoms with Gasteiger partial charge in [0.2, 0.25) is 0 Å². The molecule has 0 bridgehead atoms. The zero-order valence-corrected chi connectivity index (χ0v) is 13.9. The summed E-state index contributed by atoms with van der Waals surface area (Å²) in [5.74, 6) is 0. The van der Waals surface area contributed by atoms with Crippen LogP contribution in [-0.4, -0.2) is 30.0 Å². The molecule has 0 atom stereocenters. The van der Waals surface area contributed by atoms with Crippen molar-refractivity contribution in [3.63, 3.8) is 0 Å². The Balaban J connectivity index is 2.26. The molecule has 1 N–H and O–H groups in total. The smallest absolute Gasteiger partial charge is 0.292 e. The lowest BCUT2D eigenvalue weighted by Crippen LogP contribution is -2.23. The number of nitrogens with one attached hydrogen (secondary N) is 1. The van der Waals surface area contributed by atoms with Crippen molar-refractivity contribution < 1.29 is 4.74 Å². The summed E-state index contributed by atoms with van der Waals surface area (Å²) in [6.07, 6.45) is 2.34. The van der Waals surface area contributed by atoms with E-state index in [1.54, 1.807) is 19.2 Å². The first-order chi connectivity index (χ1) is 10.5. The fourth-order valence-corrected chi connectivity index (χ4v) is 2.26. The molecule has 0 amide bonds. The van der Waals surface area contributed by atoms with Gasteiger partial charge in [-0.2, -0.15) is 9.78 Å². The normalized spacial score (nSPS) is 10.7. The zero-order chi connectivity index (χ0) is 16.1. The number of nitrogens with zero attached hydrogens (tertiary/aromatic N) is 2. The number of anilines is 1. The Morgan fingerprint density at radius 2 is 2.14 bits per heavy atom. The summed E-state index contributed by atoms with van der Waals surface area (Å²) in [6, 6.07) is 5.29. The van der Waals surface area contributed by atoms with Crippen molar-refractivity contribution in [1.82, 2.24) is 9.78 Å². The molecule has 0 spiro atoms. The summed E-state index contributed by atoms with van der Waals surface area (Å²) in [5, 5.41) is 7.89. The van der Waals surface area contributed by atoms with E-state index in [0.29, 0.717) is 29.5 Å². The average molecular weight is 342 g/mol. The molecule has 0 radical (unpaired) electrons. The van der Waals surface area contributed by atoms with Crippen LogP contribution in [0.5, 0.6) is 0 Å². The van der Waals surface area contributed by atoms with Gasteiger partial charge in [-0.15, -0.1) is 0 Å². The van der Waals surface area contributed by atoms with Gasteiger partial charge < -0.3 is 10.1 Å². The molecule has 0 saturated carbocycles. The molecular formula is C15H17Cl2N3O2. The molecule has 1 aromatic carbocycles.